The first-order chi connectivity index (χ1) is 12.7. The summed E-state index contributed by atoms with van der Waals surface area (Å²) < 4.78 is 0. The van der Waals surface area contributed by atoms with Crippen LogP contribution in [-0.4, -0.2) is 65.1 Å². The second kappa shape index (κ2) is 7.72. The largest absolute Gasteiger partial charge is 0.396 e. The molecule has 1 aromatic heterocycles. The molecule has 0 aliphatic carbocycles. The fourth-order valence-electron chi connectivity index (χ4n) is 4.34. The molecule has 1 aromatic carbocycles. The quantitative estimate of drug-likeness (QED) is 0.917. The second-order valence-corrected chi connectivity index (χ2v) is 7.66. The molecule has 0 saturated carbocycles. The third-order valence-electron chi connectivity index (χ3n) is 5.86. The molecule has 1 amide bonds. The summed E-state index contributed by atoms with van der Waals surface area (Å²) in [6.07, 6.45) is 3.85. The van der Waals surface area contributed by atoms with Gasteiger partial charge in [0.1, 0.15) is 5.69 Å². The van der Waals surface area contributed by atoms with Gasteiger partial charge in [-0.1, -0.05) is 30.7 Å². The zero-order valence-electron chi connectivity index (χ0n) is 15.2. The third kappa shape index (κ3) is 3.60. The molecule has 4 rings (SSSR count). The highest BCUT2D eigenvalue weighted by molar-refractivity contribution is 5.95. The second-order valence-electron chi connectivity index (χ2n) is 7.66. The fourth-order valence-corrected chi connectivity index (χ4v) is 4.34. The number of piperidine rings is 1. The number of nitrogens with zero attached hydrogens (tertiary/aromatic N) is 3. The van der Waals surface area contributed by atoms with Crippen molar-refractivity contribution in [3.05, 3.63) is 42.1 Å². The number of para-hydroxylation sites is 1. The van der Waals surface area contributed by atoms with E-state index >= 15 is 0 Å². The summed E-state index contributed by atoms with van der Waals surface area (Å²) in [4.78, 5) is 21.9. The average molecular weight is 353 g/mol. The molecule has 2 atom stereocenters. The van der Waals surface area contributed by atoms with Crippen molar-refractivity contribution in [3.63, 3.8) is 0 Å². The molecule has 138 valence electrons. The highest BCUT2D eigenvalue weighted by Gasteiger charge is 2.36. The highest BCUT2D eigenvalue weighted by Crippen LogP contribution is 2.26. The first kappa shape index (κ1) is 17.4. The zero-order valence-corrected chi connectivity index (χ0v) is 15.2. The smallest absolute Gasteiger partial charge is 0.272 e. The minimum atomic E-state index is -0.0182. The number of pyridine rings is 1. The van der Waals surface area contributed by atoms with Crippen LogP contribution in [0.15, 0.2) is 36.4 Å². The number of aliphatic hydroxyl groups excluding tert-OH is 1. The predicted octanol–water partition coefficient (Wildman–Crippen LogP) is 2.40. The molecule has 0 unspecified atom stereocenters. The molecule has 0 spiro atoms. The number of rotatable bonds is 4. The Morgan fingerprint density at radius 3 is 2.62 bits per heavy atom. The van der Waals surface area contributed by atoms with Gasteiger partial charge < -0.3 is 14.9 Å². The molecule has 1 N–H and O–H groups in total. The molecule has 0 radical (unpaired) electrons. The van der Waals surface area contributed by atoms with E-state index in [0.717, 1.165) is 37.1 Å². The summed E-state index contributed by atoms with van der Waals surface area (Å²) in [5.41, 5.74) is 1.35. The Kier molecular flexibility index (Phi) is 5.18. The van der Waals surface area contributed by atoms with Crippen LogP contribution >= 0.6 is 0 Å². The number of hydrogen-bond donors (Lipinski definition) is 1. The van der Waals surface area contributed by atoms with E-state index in [0.29, 0.717) is 18.2 Å². The Bertz CT molecular complexity index is 773. The number of hydrogen-bond acceptors (Lipinski definition) is 4. The molecule has 5 nitrogen and oxygen atoms in total. The van der Waals surface area contributed by atoms with Gasteiger partial charge in [-0.25, -0.2) is 4.98 Å². The molecular formula is C21H27N3O2. The summed E-state index contributed by atoms with van der Waals surface area (Å²) >= 11 is 0. The van der Waals surface area contributed by atoms with Gasteiger partial charge in [0.25, 0.3) is 5.91 Å². The van der Waals surface area contributed by atoms with Crippen molar-refractivity contribution >= 4 is 16.8 Å². The molecule has 3 heterocycles. The van der Waals surface area contributed by atoms with Gasteiger partial charge in [-0.05, 0) is 44.0 Å². The molecule has 5 heteroatoms. The fraction of sp³-hybridized carbons (Fsp3) is 0.524. The lowest BCUT2D eigenvalue weighted by atomic mass is 9.95. The molecule has 2 saturated heterocycles. The van der Waals surface area contributed by atoms with E-state index in [1.165, 1.54) is 19.3 Å². The number of likely N-dealkylation sites (tertiary alicyclic amines) is 2. The van der Waals surface area contributed by atoms with Crippen LogP contribution < -0.4 is 0 Å². The monoisotopic (exact) mass is 353 g/mol. The molecule has 2 fully saturated rings. The maximum absolute atomic E-state index is 13.0. The lowest BCUT2D eigenvalue weighted by molar-refractivity contribution is 0.0773. The van der Waals surface area contributed by atoms with E-state index in [1.807, 2.05) is 41.3 Å². The maximum Gasteiger partial charge on any atom is 0.272 e. The van der Waals surface area contributed by atoms with Crippen LogP contribution in [0.5, 0.6) is 0 Å². The Labute approximate surface area is 154 Å². The van der Waals surface area contributed by atoms with Gasteiger partial charge in [0.05, 0.1) is 5.52 Å². The van der Waals surface area contributed by atoms with E-state index < -0.39 is 0 Å². The SMILES string of the molecule is O=C(c1ccc2ccccc2n1)N1C[C@@H](CO)[C@@H](CN2CCCCC2)C1. The maximum atomic E-state index is 13.0. The Morgan fingerprint density at radius 2 is 1.81 bits per heavy atom. The summed E-state index contributed by atoms with van der Waals surface area (Å²) in [6, 6.07) is 11.6. The van der Waals surface area contributed by atoms with Crippen molar-refractivity contribution < 1.29 is 9.90 Å². The lowest BCUT2D eigenvalue weighted by Crippen LogP contribution is -2.37. The molecule has 26 heavy (non-hydrogen) atoms. The minimum Gasteiger partial charge on any atom is -0.396 e. The van der Waals surface area contributed by atoms with Crippen molar-refractivity contribution in [3.8, 4) is 0 Å². The van der Waals surface area contributed by atoms with Crippen LogP contribution in [0.25, 0.3) is 10.9 Å². The summed E-state index contributed by atoms with van der Waals surface area (Å²) in [5.74, 6) is 0.499. The van der Waals surface area contributed by atoms with Gasteiger partial charge in [0.2, 0.25) is 0 Å². The first-order valence-corrected chi connectivity index (χ1v) is 9.73. The van der Waals surface area contributed by atoms with E-state index in [-0.39, 0.29) is 18.4 Å². The van der Waals surface area contributed by atoms with E-state index in [4.69, 9.17) is 0 Å². The number of amides is 1. The lowest BCUT2D eigenvalue weighted by Gasteiger charge is -2.30. The van der Waals surface area contributed by atoms with Crippen LogP contribution in [0.1, 0.15) is 29.8 Å². The van der Waals surface area contributed by atoms with Crippen molar-refractivity contribution in [2.24, 2.45) is 11.8 Å². The Balaban J connectivity index is 1.46. The van der Waals surface area contributed by atoms with Gasteiger partial charge in [-0.2, -0.15) is 0 Å². The normalized spacial score (nSPS) is 24.3. The minimum absolute atomic E-state index is 0.0182. The summed E-state index contributed by atoms with van der Waals surface area (Å²) in [5, 5.41) is 10.8. The zero-order chi connectivity index (χ0) is 17.9. The van der Waals surface area contributed by atoms with Gasteiger partial charge in [0.15, 0.2) is 0 Å². The van der Waals surface area contributed by atoms with Crippen LogP contribution in [0.2, 0.25) is 0 Å². The first-order valence-electron chi connectivity index (χ1n) is 9.73. The third-order valence-corrected chi connectivity index (χ3v) is 5.86. The van der Waals surface area contributed by atoms with E-state index in [9.17, 15) is 9.90 Å². The van der Waals surface area contributed by atoms with Crippen molar-refractivity contribution in [1.82, 2.24) is 14.8 Å². The Hall–Kier alpha value is -1.98. The number of aliphatic hydroxyl groups is 1. The van der Waals surface area contributed by atoms with Crippen LogP contribution in [-0.2, 0) is 0 Å². The van der Waals surface area contributed by atoms with Gasteiger partial charge in [0, 0.05) is 37.5 Å². The number of benzene rings is 1. The number of fused-ring (bicyclic) bond motifs is 1. The molecule has 2 aliphatic rings. The molecule has 2 aliphatic heterocycles. The standard InChI is InChI=1S/C21H27N3O2/c25-15-18-14-24(13-17(18)12-23-10-4-1-5-11-23)21(26)20-9-8-16-6-2-3-7-19(16)22-20/h2-3,6-9,17-18,25H,1,4-5,10-15H2/t17-,18-/m0/s1. The number of carbonyl (C=O) groups is 1. The Morgan fingerprint density at radius 1 is 1.04 bits per heavy atom. The predicted molar refractivity (Wildman–Crippen MR) is 102 cm³/mol. The summed E-state index contributed by atoms with van der Waals surface area (Å²) in [6.45, 7) is 4.77. The molecule has 2 aromatic rings. The van der Waals surface area contributed by atoms with E-state index in [2.05, 4.69) is 9.88 Å². The van der Waals surface area contributed by atoms with Gasteiger partial charge >= 0.3 is 0 Å². The van der Waals surface area contributed by atoms with Crippen LogP contribution in [0, 0.1) is 11.8 Å². The van der Waals surface area contributed by atoms with E-state index in [1.54, 1.807) is 0 Å². The topological polar surface area (TPSA) is 56.7 Å². The van der Waals surface area contributed by atoms with Crippen LogP contribution in [0.3, 0.4) is 0 Å². The van der Waals surface area contributed by atoms with Crippen molar-refractivity contribution in [2.75, 3.05) is 39.3 Å². The van der Waals surface area contributed by atoms with Crippen molar-refractivity contribution in [1.29, 1.82) is 0 Å². The molecular weight excluding hydrogens is 326 g/mol. The molecule has 0 bridgehead atoms. The van der Waals surface area contributed by atoms with Crippen molar-refractivity contribution in [2.45, 2.75) is 19.3 Å². The average Bonchev–Trinajstić information content (AvgIpc) is 3.10. The highest BCUT2D eigenvalue weighted by atomic mass is 16.3. The number of carbonyl (C=O) groups excluding carboxylic acids is 1. The number of aromatic nitrogens is 1. The summed E-state index contributed by atoms with van der Waals surface area (Å²) in [7, 11) is 0. The van der Waals surface area contributed by atoms with Gasteiger partial charge in [-0.3, -0.25) is 4.79 Å². The van der Waals surface area contributed by atoms with Gasteiger partial charge in [-0.15, -0.1) is 0 Å². The van der Waals surface area contributed by atoms with Crippen LogP contribution in [0.4, 0.5) is 0 Å².